The Morgan fingerprint density at radius 1 is 0.568 bits per heavy atom. The number of para-hydroxylation sites is 2. The predicted octanol–water partition coefficient (Wildman–Crippen LogP) is 9.37. The molecular weight excluding hydrogens is 468 g/mol. The molecule has 0 saturated heterocycles. The first-order valence-corrected chi connectivity index (χ1v) is 13.5. The van der Waals surface area contributed by atoms with E-state index in [1.807, 2.05) is 11.8 Å². The zero-order chi connectivity index (χ0) is 25.0. The molecule has 0 saturated carbocycles. The van der Waals surface area contributed by atoms with Gasteiger partial charge in [-0.15, -0.1) is 0 Å². The van der Waals surface area contributed by atoms with Crippen molar-refractivity contribution in [1.82, 2.24) is 9.55 Å². The van der Waals surface area contributed by atoms with E-state index in [-0.39, 0.29) is 4.75 Å². The van der Waals surface area contributed by atoms with Crippen molar-refractivity contribution in [3.63, 3.8) is 0 Å². The van der Waals surface area contributed by atoms with E-state index in [2.05, 4.69) is 140 Å². The number of imidazole rings is 1. The second-order valence-corrected chi connectivity index (χ2v) is 11.7. The van der Waals surface area contributed by atoms with Gasteiger partial charge in [-0.1, -0.05) is 96.7 Å². The number of hydrogen-bond acceptors (Lipinski definition) is 2. The van der Waals surface area contributed by atoms with Crippen LogP contribution in [0.15, 0.2) is 126 Å². The van der Waals surface area contributed by atoms with E-state index in [1.165, 1.54) is 44.6 Å². The smallest absolute Gasteiger partial charge is 0.174 e. The maximum Gasteiger partial charge on any atom is 0.174 e. The van der Waals surface area contributed by atoms with Gasteiger partial charge in [-0.05, 0) is 89.2 Å². The van der Waals surface area contributed by atoms with Crippen LogP contribution in [-0.4, -0.2) is 9.55 Å². The molecule has 0 amide bonds. The molecule has 0 aliphatic carbocycles. The van der Waals surface area contributed by atoms with Gasteiger partial charge in [-0.2, -0.15) is 0 Å². The summed E-state index contributed by atoms with van der Waals surface area (Å²) in [5.74, 6) is 0. The minimum atomic E-state index is -0.0632. The molecule has 0 bridgehead atoms. The fourth-order valence-electron chi connectivity index (χ4n) is 5.38. The summed E-state index contributed by atoms with van der Waals surface area (Å²) in [5.41, 5.74) is 12.1. The molecule has 0 unspecified atom stereocenters. The fourth-order valence-corrected chi connectivity index (χ4v) is 6.55. The van der Waals surface area contributed by atoms with E-state index in [1.54, 1.807) is 0 Å². The monoisotopic (exact) mass is 494 g/mol. The molecule has 3 heteroatoms. The van der Waals surface area contributed by atoms with Crippen LogP contribution in [0.25, 0.3) is 50.1 Å². The van der Waals surface area contributed by atoms with Crippen molar-refractivity contribution >= 4 is 22.8 Å². The number of fused-ring (bicyclic) bond motifs is 5. The second-order valence-electron chi connectivity index (χ2n) is 10.1. The van der Waals surface area contributed by atoms with Crippen LogP contribution in [-0.2, 0) is 4.75 Å². The summed E-state index contributed by atoms with van der Waals surface area (Å²) in [6, 6.07) is 43.6. The molecule has 2 heterocycles. The summed E-state index contributed by atoms with van der Waals surface area (Å²) in [4.78, 5) is 4.98. The SMILES string of the molecule is CC1(C)Sc2nc3ccccc3n2-c2cc(-c3cc(-c4ccccc4)cc(-c4ccccc4)c3)ccc21. The molecule has 6 aromatic rings. The van der Waals surface area contributed by atoms with E-state index >= 15 is 0 Å². The summed E-state index contributed by atoms with van der Waals surface area (Å²) in [5, 5.41) is 1.05. The van der Waals surface area contributed by atoms with E-state index < -0.39 is 0 Å². The van der Waals surface area contributed by atoms with Gasteiger partial charge in [0, 0.05) is 4.75 Å². The molecule has 1 aliphatic rings. The summed E-state index contributed by atoms with van der Waals surface area (Å²) < 4.78 is 2.27. The summed E-state index contributed by atoms with van der Waals surface area (Å²) in [6.07, 6.45) is 0. The molecule has 2 nitrogen and oxygen atoms in total. The largest absolute Gasteiger partial charge is 0.287 e. The van der Waals surface area contributed by atoms with Crippen molar-refractivity contribution < 1.29 is 0 Å². The lowest BCUT2D eigenvalue weighted by Gasteiger charge is -2.32. The predicted molar refractivity (Wildman–Crippen MR) is 156 cm³/mol. The van der Waals surface area contributed by atoms with Gasteiger partial charge in [0.25, 0.3) is 0 Å². The van der Waals surface area contributed by atoms with Gasteiger partial charge in [0.05, 0.1) is 16.7 Å². The lowest BCUT2D eigenvalue weighted by Crippen LogP contribution is -2.21. The first kappa shape index (κ1) is 22.1. The van der Waals surface area contributed by atoms with Crippen molar-refractivity contribution in [2.24, 2.45) is 0 Å². The van der Waals surface area contributed by atoms with Crippen LogP contribution in [0.5, 0.6) is 0 Å². The van der Waals surface area contributed by atoms with Crippen molar-refractivity contribution in [1.29, 1.82) is 0 Å². The third-order valence-corrected chi connectivity index (χ3v) is 8.43. The number of thioether (sulfide) groups is 1. The molecular formula is C34H26N2S. The topological polar surface area (TPSA) is 17.8 Å². The van der Waals surface area contributed by atoms with Gasteiger partial charge in [0.1, 0.15) is 0 Å². The van der Waals surface area contributed by atoms with Crippen molar-refractivity contribution in [2.45, 2.75) is 23.8 Å². The maximum atomic E-state index is 4.98. The summed E-state index contributed by atoms with van der Waals surface area (Å²) in [7, 11) is 0. The van der Waals surface area contributed by atoms with Crippen LogP contribution < -0.4 is 0 Å². The van der Waals surface area contributed by atoms with Crippen LogP contribution in [0.3, 0.4) is 0 Å². The summed E-state index contributed by atoms with van der Waals surface area (Å²) >= 11 is 1.84. The van der Waals surface area contributed by atoms with E-state index in [0.717, 1.165) is 16.2 Å². The Labute approximate surface area is 221 Å². The Bertz CT molecular complexity index is 1710. The highest BCUT2D eigenvalue weighted by Crippen LogP contribution is 2.50. The van der Waals surface area contributed by atoms with Gasteiger partial charge < -0.3 is 0 Å². The van der Waals surface area contributed by atoms with Gasteiger partial charge in [0.15, 0.2) is 5.16 Å². The Morgan fingerprint density at radius 2 is 1.14 bits per heavy atom. The van der Waals surface area contributed by atoms with Crippen molar-refractivity contribution in [3.05, 3.63) is 127 Å². The first-order chi connectivity index (χ1) is 18.1. The zero-order valence-corrected chi connectivity index (χ0v) is 21.7. The average molecular weight is 495 g/mol. The Balaban J connectivity index is 1.46. The lowest BCUT2D eigenvalue weighted by molar-refractivity contribution is 0.729. The van der Waals surface area contributed by atoms with Gasteiger partial charge in [-0.25, -0.2) is 4.98 Å². The molecule has 0 spiro atoms. The van der Waals surface area contributed by atoms with E-state index in [4.69, 9.17) is 4.98 Å². The minimum absolute atomic E-state index is 0.0632. The molecule has 1 aliphatic heterocycles. The molecule has 1 aromatic heterocycles. The third kappa shape index (κ3) is 3.78. The Kier molecular flexibility index (Phi) is 5.09. The molecule has 0 radical (unpaired) electrons. The maximum absolute atomic E-state index is 4.98. The zero-order valence-electron chi connectivity index (χ0n) is 20.8. The first-order valence-electron chi connectivity index (χ1n) is 12.6. The van der Waals surface area contributed by atoms with Crippen LogP contribution in [0, 0.1) is 0 Å². The molecule has 5 aromatic carbocycles. The third-order valence-electron chi connectivity index (χ3n) is 7.24. The Morgan fingerprint density at radius 3 is 1.78 bits per heavy atom. The quantitative estimate of drug-likeness (QED) is 0.244. The van der Waals surface area contributed by atoms with Crippen LogP contribution in [0.2, 0.25) is 0 Å². The molecule has 178 valence electrons. The van der Waals surface area contributed by atoms with Crippen LogP contribution in [0.1, 0.15) is 19.4 Å². The molecule has 0 N–H and O–H groups in total. The number of aromatic nitrogens is 2. The number of benzene rings is 5. The standard InChI is InChI=1S/C34H26N2S/c1-34(2)29-18-17-25(22-32(29)36-31-16-10-9-15-30(31)35-33(36)37-34)28-20-26(23-11-5-3-6-12-23)19-27(21-28)24-13-7-4-8-14-24/h3-22H,1-2H3. The van der Waals surface area contributed by atoms with Gasteiger partial charge in [0.2, 0.25) is 0 Å². The van der Waals surface area contributed by atoms with Gasteiger partial charge >= 0.3 is 0 Å². The molecule has 37 heavy (non-hydrogen) atoms. The molecule has 0 atom stereocenters. The highest BCUT2D eigenvalue weighted by molar-refractivity contribution is 8.00. The molecule has 0 fully saturated rings. The van der Waals surface area contributed by atoms with Crippen molar-refractivity contribution in [2.75, 3.05) is 0 Å². The van der Waals surface area contributed by atoms with Crippen LogP contribution >= 0.6 is 11.8 Å². The number of rotatable bonds is 3. The normalized spacial score (nSPS) is 13.8. The number of hydrogen-bond donors (Lipinski definition) is 0. The average Bonchev–Trinajstić information content (AvgIpc) is 3.31. The highest BCUT2D eigenvalue weighted by Gasteiger charge is 2.34. The minimum Gasteiger partial charge on any atom is -0.287 e. The number of nitrogens with zero attached hydrogens (tertiary/aromatic N) is 2. The van der Waals surface area contributed by atoms with Crippen LogP contribution in [0.4, 0.5) is 0 Å². The van der Waals surface area contributed by atoms with E-state index in [0.29, 0.717) is 0 Å². The van der Waals surface area contributed by atoms with E-state index in [9.17, 15) is 0 Å². The highest BCUT2D eigenvalue weighted by atomic mass is 32.2. The second kappa shape index (κ2) is 8.50. The van der Waals surface area contributed by atoms with Crippen molar-refractivity contribution in [3.8, 4) is 39.1 Å². The lowest BCUT2D eigenvalue weighted by atomic mass is 9.91. The fraction of sp³-hybridized carbons (Fsp3) is 0.0882. The van der Waals surface area contributed by atoms with Gasteiger partial charge in [-0.3, -0.25) is 4.57 Å². The summed E-state index contributed by atoms with van der Waals surface area (Å²) in [6.45, 7) is 4.59. The molecule has 7 rings (SSSR count). The Hall–Kier alpha value is -4.08.